The SMILES string of the molecule is CCOc1ccccc1C1NC(=NC)NC1=O. The number of para-hydroxylation sites is 1. The number of guanidine groups is 1. The Balaban J connectivity index is 2.31. The maximum absolute atomic E-state index is 11.8. The zero-order valence-corrected chi connectivity index (χ0v) is 9.86. The second-order valence-electron chi connectivity index (χ2n) is 3.61. The second kappa shape index (κ2) is 4.86. The van der Waals surface area contributed by atoms with Crippen LogP contribution in [0.3, 0.4) is 0 Å². The predicted molar refractivity (Wildman–Crippen MR) is 65.0 cm³/mol. The van der Waals surface area contributed by atoms with Gasteiger partial charge in [0.05, 0.1) is 6.61 Å². The highest BCUT2D eigenvalue weighted by Crippen LogP contribution is 2.26. The van der Waals surface area contributed by atoms with Gasteiger partial charge in [0.1, 0.15) is 11.8 Å². The van der Waals surface area contributed by atoms with Gasteiger partial charge in [-0.2, -0.15) is 0 Å². The summed E-state index contributed by atoms with van der Waals surface area (Å²) in [5.41, 5.74) is 0.825. The van der Waals surface area contributed by atoms with Crippen molar-refractivity contribution < 1.29 is 9.53 Å². The average Bonchev–Trinajstić information content (AvgIpc) is 2.72. The Labute approximate surface area is 99.9 Å². The molecule has 1 unspecified atom stereocenters. The molecule has 2 rings (SSSR count). The van der Waals surface area contributed by atoms with Crippen LogP contribution in [-0.2, 0) is 4.79 Å². The first-order chi connectivity index (χ1) is 8.26. The molecule has 1 heterocycles. The van der Waals surface area contributed by atoms with Crippen LogP contribution in [0, 0.1) is 0 Å². The van der Waals surface area contributed by atoms with E-state index in [0.29, 0.717) is 12.6 Å². The molecule has 1 aromatic carbocycles. The van der Waals surface area contributed by atoms with Crippen LogP contribution in [0.25, 0.3) is 0 Å². The summed E-state index contributed by atoms with van der Waals surface area (Å²) in [4.78, 5) is 15.7. The van der Waals surface area contributed by atoms with E-state index in [-0.39, 0.29) is 5.91 Å². The molecule has 0 radical (unpaired) electrons. The van der Waals surface area contributed by atoms with Crippen molar-refractivity contribution in [2.45, 2.75) is 13.0 Å². The van der Waals surface area contributed by atoms with Crippen LogP contribution in [-0.4, -0.2) is 25.5 Å². The molecule has 17 heavy (non-hydrogen) atoms. The molecule has 0 aliphatic carbocycles. The van der Waals surface area contributed by atoms with Crippen molar-refractivity contribution in [3.8, 4) is 5.75 Å². The van der Waals surface area contributed by atoms with Crippen molar-refractivity contribution >= 4 is 11.9 Å². The molecule has 0 aromatic heterocycles. The fourth-order valence-electron chi connectivity index (χ4n) is 1.77. The molecule has 1 aliphatic heterocycles. The van der Waals surface area contributed by atoms with Crippen molar-refractivity contribution in [2.75, 3.05) is 13.7 Å². The molecular weight excluding hydrogens is 218 g/mol. The summed E-state index contributed by atoms with van der Waals surface area (Å²) in [7, 11) is 1.62. The van der Waals surface area contributed by atoms with Crippen LogP contribution >= 0.6 is 0 Å². The molecule has 5 heteroatoms. The first-order valence-corrected chi connectivity index (χ1v) is 5.52. The average molecular weight is 233 g/mol. The lowest BCUT2D eigenvalue weighted by atomic mass is 10.1. The summed E-state index contributed by atoms with van der Waals surface area (Å²) < 4.78 is 5.51. The van der Waals surface area contributed by atoms with Gasteiger partial charge in [-0.05, 0) is 13.0 Å². The standard InChI is InChI=1S/C12H15N3O2/c1-3-17-9-7-5-4-6-8(9)10-11(16)15-12(13-2)14-10/h4-7,10H,3H2,1-2H3,(H2,13,14,15,16). The number of nitrogens with zero attached hydrogens (tertiary/aromatic N) is 1. The number of hydrogen-bond acceptors (Lipinski definition) is 3. The van der Waals surface area contributed by atoms with Crippen LogP contribution in [0.4, 0.5) is 0 Å². The van der Waals surface area contributed by atoms with Gasteiger partial charge >= 0.3 is 0 Å². The minimum Gasteiger partial charge on any atom is -0.494 e. The quantitative estimate of drug-likeness (QED) is 0.813. The predicted octanol–water partition coefficient (Wildman–Crippen LogP) is 0.832. The van der Waals surface area contributed by atoms with Gasteiger partial charge in [0, 0.05) is 12.6 Å². The molecule has 1 aromatic rings. The summed E-state index contributed by atoms with van der Waals surface area (Å²) >= 11 is 0. The Bertz CT molecular complexity index is 457. The monoisotopic (exact) mass is 233 g/mol. The summed E-state index contributed by atoms with van der Waals surface area (Å²) in [5, 5.41) is 5.68. The van der Waals surface area contributed by atoms with Gasteiger partial charge in [-0.1, -0.05) is 18.2 Å². The molecule has 0 bridgehead atoms. The van der Waals surface area contributed by atoms with Crippen molar-refractivity contribution in [3.05, 3.63) is 29.8 Å². The number of ether oxygens (including phenoxy) is 1. The molecule has 5 nitrogen and oxygen atoms in total. The van der Waals surface area contributed by atoms with Crippen LogP contribution in [0.15, 0.2) is 29.3 Å². The zero-order chi connectivity index (χ0) is 12.3. The van der Waals surface area contributed by atoms with E-state index in [2.05, 4.69) is 15.6 Å². The number of nitrogens with one attached hydrogen (secondary N) is 2. The lowest BCUT2D eigenvalue weighted by Gasteiger charge is -2.13. The third-order valence-corrected chi connectivity index (χ3v) is 2.54. The molecule has 1 aliphatic rings. The molecule has 1 amide bonds. The smallest absolute Gasteiger partial charge is 0.254 e. The first-order valence-electron chi connectivity index (χ1n) is 5.52. The van der Waals surface area contributed by atoms with Gasteiger partial charge in [-0.3, -0.25) is 15.1 Å². The number of amides is 1. The molecule has 1 atom stereocenters. The van der Waals surface area contributed by atoms with Crippen LogP contribution in [0.2, 0.25) is 0 Å². The third kappa shape index (κ3) is 2.22. The van der Waals surface area contributed by atoms with Gasteiger partial charge in [0.2, 0.25) is 0 Å². The Morgan fingerprint density at radius 1 is 1.41 bits per heavy atom. The van der Waals surface area contributed by atoms with E-state index in [4.69, 9.17) is 4.74 Å². The van der Waals surface area contributed by atoms with Gasteiger partial charge < -0.3 is 10.1 Å². The summed E-state index contributed by atoms with van der Waals surface area (Å²) in [5.74, 6) is 1.10. The van der Waals surface area contributed by atoms with Gasteiger partial charge in [-0.15, -0.1) is 0 Å². The number of carbonyl (C=O) groups is 1. The van der Waals surface area contributed by atoms with Gasteiger partial charge in [0.15, 0.2) is 5.96 Å². The molecule has 1 fully saturated rings. The largest absolute Gasteiger partial charge is 0.494 e. The lowest BCUT2D eigenvalue weighted by molar-refractivity contribution is -0.120. The van der Waals surface area contributed by atoms with E-state index in [1.165, 1.54) is 0 Å². The highest BCUT2D eigenvalue weighted by atomic mass is 16.5. The van der Waals surface area contributed by atoms with E-state index >= 15 is 0 Å². The summed E-state index contributed by atoms with van der Waals surface area (Å²) in [6.45, 7) is 2.48. The normalized spacial score (nSPS) is 21.2. The van der Waals surface area contributed by atoms with E-state index < -0.39 is 6.04 Å². The van der Waals surface area contributed by atoms with Crippen molar-refractivity contribution in [3.63, 3.8) is 0 Å². The maximum Gasteiger partial charge on any atom is 0.254 e. The lowest BCUT2D eigenvalue weighted by Crippen LogP contribution is -2.24. The molecule has 0 spiro atoms. The third-order valence-electron chi connectivity index (χ3n) is 2.54. The highest BCUT2D eigenvalue weighted by molar-refractivity contribution is 6.06. The number of hydrogen-bond donors (Lipinski definition) is 2. The van der Waals surface area contributed by atoms with E-state index in [1.807, 2.05) is 31.2 Å². The fourth-order valence-corrected chi connectivity index (χ4v) is 1.77. The Kier molecular flexibility index (Phi) is 3.27. The number of rotatable bonds is 3. The summed E-state index contributed by atoms with van der Waals surface area (Å²) in [6, 6.07) is 7.07. The number of benzene rings is 1. The molecule has 90 valence electrons. The first kappa shape index (κ1) is 11.4. The Morgan fingerprint density at radius 3 is 2.82 bits per heavy atom. The number of aliphatic imine (C=N–C) groups is 1. The number of carbonyl (C=O) groups excluding carboxylic acids is 1. The maximum atomic E-state index is 11.8. The van der Waals surface area contributed by atoms with Crippen LogP contribution in [0.1, 0.15) is 18.5 Å². The molecule has 1 saturated heterocycles. The second-order valence-corrected chi connectivity index (χ2v) is 3.61. The van der Waals surface area contributed by atoms with Gasteiger partial charge in [0.25, 0.3) is 5.91 Å². The van der Waals surface area contributed by atoms with E-state index in [0.717, 1.165) is 11.3 Å². The van der Waals surface area contributed by atoms with Gasteiger partial charge in [-0.25, -0.2) is 0 Å². The highest BCUT2D eigenvalue weighted by Gasteiger charge is 2.31. The Hall–Kier alpha value is -2.04. The topological polar surface area (TPSA) is 62.7 Å². The van der Waals surface area contributed by atoms with E-state index in [9.17, 15) is 4.79 Å². The van der Waals surface area contributed by atoms with Crippen molar-refractivity contribution in [1.29, 1.82) is 0 Å². The Morgan fingerprint density at radius 2 is 2.18 bits per heavy atom. The van der Waals surface area contributed by atoms with Crippen molar-refractivity contribution in [2.24, 2.45) is 4.99 Å². The van der Waals surface area contributed by atoms with Crippen molar-refractivity contribution in [1.82, 2.24) is 10.6 Å². The van der Waals surface area contributed by atoms with E-state index in [1.54, 1.807) is 7.05 Å². The van der Waals surface area contributed by atoms with Crippen LogP contribution < -0.4 is 15.4 Å². The minimum atomic E-state index is -0.434. The molecule has 0 saturated carbocycles. The van der Waals surface area contributed by atoms with Crippen LogP contribution in [0.5, 0.6) is 5.75 Å². The zero-order valence-electron chi connectivity index (χ0n) is 9.86. The summed E-state index contributed by atoms with van der Waals surface area (Å²) in [6.07, 6.45) is 0. The molecule has 2 N–H and O–H groups in total. The molecular formula is C12H15N3O2. The minimum absolute atomic E-state index is 0.113. The fraction of sp³-hybridized carbons (Fsp3) is 0.333.